The highest BCUT2D eigenvalue weighted by Crippen LogP contribution is 2.16. The van der Waals surface area contributed by atoms with Gasteiger partial charge in [0.1, 0.15) is 6.54 Å². The molecule has 0 aliphatic carbocycles. The molecule has 1 amide bonds. The van der Waals surface area contributed by atoms with Crippen LogP contribution in [0.2, 0.25) is 0 Å². The third-order valence-corrected chi connectivity index (χ3v) is 4.63. The predicted molar refractivity (Wildman–Crippen MR) is 111 cm³/mol. The average molecular weight is 375 g/mol. The minimum Gasteiger partial charge on any atom is -0.354 e. The summed E-state index contributed by atoms with van der Waals surface area (Å²) in [6.07, 6.45) is 2.72. The van der Waals surface area contributed by atoms with Gasteiger partial charge in [-0.2, -0.15) is 5.10 Å². The molecule has 0 bridgehead atoms. The molecule has 2 aromatic carbocycles. The van der Waals surface area contributed by atoms with Crippen LogP contribution in [0.3, 0.4) is 0 Å². The Balaban J connectivity index is 1.56. The molecule has 0 spiro atoms. The minimum atomic E-state index is -0.284. The van der Waals surface area contributed by atoms with Crippen molar-refractivity contribution in [2.24, 2.45) is 0 Å². The van der Waals surface area contributed by atoms with Crippen LogP contribution in [0.1, 0.15) is 24.5 Å². The predicted octanol–water partition coefficient (Wildman–Crippen LogP) is 3.22. The number of benzene rings is 2. The van der Waals surface area contributed by atoms with Crippen LogP contribution in [0.15, 0.2) is 71.5 Å². The van der Waals surface area contributed by atoms with Crippen LogP contribution in [0.4, 0.5) is 0 Å². The van der Waals surface area contributed by atoms with Crippen molar-refractivity contribution in [2.75, 3.05) is 6.54 Å². The Morgan fingerprint density at radius 2 is 1.71 bits per heavy atom. The molecular weight excluding hydrogens is 350 g/mol. The summed E-state index contributed by atoms with van der Waals surface area (Å²) in [5.41, 5.74) is 3.81. The summed E-state index contributed by atoms with van der Waals surface area (Å²) in [6.45, 7) is 2.59. The molecule has 144 valence electrons. The highest BCUT2D eigenvalue weighted by Gasteiger charge is 2.08. The summed E-state index contributed by atoms with van der Waals surface area (Å²) in [7, 11) is 0. The highest BCUT2D eigenvalue weighted by molar-refractivity contribution is 5.75. The fraction of sp³-hybridized carbons (Fsp3) is 0.261. The zero-order valence-electron chi connectivity index (χ0n) is 16.1. The van der Waals surface area contributed by atoms with Gasteiger partial charge in [0.15, 0.2) is 0 Å². The Morgan fingerprint density at radius 1 is 0.964 bits per heavy atom. The first-order valence-corrected chi connectivity index (χ1v) is 9.64. The van der Waals surface area contributed by atoms with E-state index in [1.165, 1.54) is 21.9 Å². The number of hydrogen-bond acceptors (Lipinski definition) is 3. The van der Waals surface area contributed by atoms with Gasteiger partial charge in [0.05, 0.1) is 5.69 Å². The van der Waals surface area contributed by atoms with Crippen molar-refractivity contribution in [1.29, 1.82) is 0 Å². The Bertz CT molecular complexity index is 963. The quantitative estimate of drug-likeness (QED) is 0.615. The molecular formula is C23H25N3O2. The van der Waals surface area contributed by atoms with Crippen LogP contribution in [-0.4, -0.2) is 22.2 Å². The lowest BCUT2D eigenvalue weighted by molar-refractivity contribution is -0.121. The first-order valence-electron chi connectivity index (χ1n) is 9.64. The topological polar surface area (TPSA) is 64.0 Å². The molecule has 0 aliphatic heterocycles. The Kier molecular flexibility index (Phi) is 6.73. The number of hydrogen-bond donors (Lipinski definition) is 1. The molecule has 0 saturated carbocycles. The van der Waals surface area contributed by atoms with Crippen molar-refractivity contribution in [3.63, 3.8) is 0 Å². The number of nitrogens with zero attached hydrogens (tertiary/aromatic N) is 2. The molecule has 3 aromatic rings. The second kappa shape index (κ2) is 9.65. The molecule has 1 aromatic heterocycles. The van der Waals surface area contributed by atoms with Crippen LogP contribution < -0.4 is 10.9 Å². The van der Waals surface area contributed by atoms with Gasteiger partial charge in [0.2, 0.25) is 5.91 Å². The molecule has 5 heteroatoms. The van der Waals surface area contributed by atoms with Gasteiger partial charge in [-0.25, -0.2) is 4.68 Å². The minimum absolute atomic E-state index is 0.0783. The monoisotopic (exact) mass is 375 g/mol. The molecule has 1 heterocycles. The third kappa shape index (κ3) is 5.39. The maximum absolute atomic E-state index is 12.2. The van der Waals surface area contributed by atoms with Gasteiger partial charge < -0.3 is 5.32 Å². The maximum Gasteiger partial charge on any atom is 0.267 e. The summed E-state index contributed by atoms with van der Waals surface area (Å²) in [4.78, 5) is 24.3. The van der Waals surface area contributed by atoms with Crippen molar-refractivity contribution in [2.45, 2.75) is 32.7 Å². The van der Waals surface area contributed by atoms with Gasteiger partial charge >= 0.3 is 0 Å². The van der Waals surface area contributed by atoms with E-state index in [2.05, 4.69) is 29.5 Å². The summed E-state index contributed by atoms with van der Waals surface area (Å²) in [6, 6.07) is 21.4. The van der Waals surface area contributed by atoms with Crippen LogP contribution >= 0.6 is 0 Å². The van der Waals surface area contributed by atoms with Crippen molar-refractivity contribution in [1.82, 2.24) is 15.1 Å². The van der Waals surface area contributed by atoms with E-state index >= 15 is 0 Å². The molecule has 5 nitrogen and oxygen atoms in total. The number of aryl methyl sites for hydroxylation is 2. The summed E-state index contributed by atoms with van der Waals surface area (Å²) in [5, 5.41) is 7.22. The molecule has 0 radical (unpaired) electrons. The first-order chi connectivity index (χ1) is 13.7. The molecule has 0 atom stereocenters. The van der Waals surface area contributed by atoms with Crippen molar-refractivity contribution < 1.29 is 4.79 Å². The number of nitrogens with one attached hydrogen (secondary N) is 1. The number of amides is 1. The van der Waals surface area contributed by atoms with E-state index in [1.807, 2.05) is 42.5 Å². The Morgan fingerprint density at radius 3 is 2.43 bits per heavy atom. The molecule has 0 saturated heterocycles. The van der Waals surface area contributed by atoms with Crippen LogP contribution in [0.5, 0.6) is 0 Å². The van der Waals surface area contributed by atoms with E-state index in [9.17, 15) is 9.59 Å². The van der Waals surface area contributed by atoms with Crippen molar-refractivity contribution in [3.05, 3.63) is 88.2 Å². The Labute approximate surface area is 165 Å². The standard InChI is InChI=1S/C23H25N3O2/c1-2-18-10-12-20(13-11-18)21-14-15-23(28)26(25-21)17-22(27)24-16-6-9-19-7-4-3-5-8-19/h3-5,7-8,10-15H,2,6,9,16-17H2,1H3,(H,24,27). The van der Waals surface area contributed by atoms with E-state index in [4.69, 9.17) is 0 Å². The zero-order valence-corrected chi connectivity index (χ0v) is 16.1. The van der Waals surface area contributed by atoms with E-state index in [1.54, 1.807) is 6.07 Å². The molecule has 0 fully saturated rings. The summed E-state index contributed by atoms with van der Waals surface area (Å²) >= 11 is 0. The van der Waals surface area contributed by atoms with Gasteiger partial charge in [-0.1, -0.05) is 61.5 Å². The fourth-order valence-corrected chi connectivity index (χ4v) is 2.98. The number of carbonyl (C=O) groups excluding carboxylic acids is 1. The average Bonchev–Trinajstić information content (AvgIpc) is 2.74. The van der Waals surface area contributed by atoms with Gasteiger partial charge in [-0.05, 0) is 36.5 Å². The fourth-order valence-electron chi connectivity index (χ4n) is 2.98. The zero-order chi connectivity index (χ0) is 19.8. The van der Waals surface area contributed by atoms with Crippen molar-refractivity contribution >= 4 is 5.91 Å². The van der Waals surface area contributed by atoms with Crippen LogP contribution in [-0.2, 0) is 24.2 Å². The van der Waals surface area contributed by atoms with Gasteiger partial charge in [-0.15, -0.1) is 0 Å². The van der Waals surface area contributed by atoms with E-state index in [0.29, 0.717) is 12.2 Å². The third-order valence-electron chi connectivity index (χ3n) is 4.63. The van der Waals surface area contributed by atoms with Crippen molar-refractivity contribution in [3.8, 4) is 11.3 Å². The lowest BCUT2D eigenvalue weighted by Crippen LogP contribution is -2.34. The molecule has 28 heavy (non-hydrogen) atoms. The lowest BCUT2D eigenvalue weighted by atomic mass is 10.1. The lowest BCUT2D eigenvalue weighted by Gasteiger charge is -2.09. The number of rotatable bonds is 8. The summed E-state index contributed by atoms with van der Waals surface area (Å²) in [5.74, 6) is -0.207. The number of carbonyl (C=O) groups is 1. The molecule has 0 aliphatic rings. The Hall–Kier alpha value is -3.21. The molecule has 3 rings (SSSR count). The smallest absolute Gasteiger partial charge is 0.267 e. The van der Waals surface area contributed by atoms with Crippen LogP contribution in [0.25, 0.3) is 11.3 Å². The second-order valence-corrected chi connectivity index (χ2v) is 6.70. The van der Waals surface area contributed by atoms with E-state index < -0.39 is 0 Å². The second-order valence-electron chi connectivity index (χ2n) is 6.70. The maximum atomic E-state index is 12.2. The first kappa shape index (κ1) is 19.5. The molecule has 0 unspecified atom stereocenters. The van der Waals surface area contributed by atoms with Gasteiger partial charge in [0, 0.05) is 18.2 Å². The number of aromatic nitrogens is 2. The van der Waals surface area contributed by atoms with Gasteiger partial charge in [0.25, 0.3) is 5.56 Å². The van der Waals surface area contributed by atoms with Crippen LogP contribution in [0, 0.1) is 0 Å². The highest BCUT2D eigenvalue weighted by atomic mass is 16.2. The largest absolute Gasteiger partial charge is 0.354 e. The van der Waals surface area contributed by atoms with E-state index in [-0.39, 0.29) is 18.0 Å². The van der Waals surface area contributed by atoms with E-state index in [0.717, 1.165) is 24.8 Å². The molecule has 1 N–H and O–H groups in total. The SMILES string of the molecule is CCc1ccc(-c2ccc(=O)n(CC(=O)NCCCc3ccccc3)n2)cc1. The van der Waals surface area contributed by atoms with Gasteiger partial charge in [-0.3, -0.25) is 9.59 Å². The summed E-state index contributed by atoms with van der Waals surface area (Å²) < 4.78 is 1.22. The normalized spacial score (nSPS) is 10.6.